The fourth-order valence-electron chi connectivity index (χ4n) is 3.74. The maximum absolute atomic E-state index is 14.0. The third-order valence-electron chi connectivity index (χ3n) is 5.47. The second kappa shape index (κ2) is 15.0. The Morgan fingerprint density at radius 3 is 2.37 bits per heavy atom. The summed E-state index contributed by atoms with van der Waals surface area (Å²) in [5, 5.41) is 5.80. The van der Waals surface area contributed by atoms with E-state index in [-0.39, 0.29) is 11.8 Å². The van der Waals surface area contributed by atoms with E-state index in [2.05, 4.69) is 17.6 Å². The van der Waals surface area contributed by atoms with E-state index in [1.54, 1.807) is 37.4 Å². The van der Waals surface area contributed by atoms with Gasteiger partial charge in [-0.15, -0.1) is 0 Å². The molecule has 1 aromatic rings. The molecule has 2 N–H and O–H groups in total. The third-order valence-corrected chi connectivity index (χ3v) is 6.11. The van der Waals surface area contributed by atoms with Gasteiger partial charge < -0.3 is 20.3 Å². The largest absolute Gasteiger partial charge is 0.444 e. The maximum atomic E-state index is 14.0. The summed E-state index contributed by atoms with van der Waals surface area (Å²) in [6, 6.07) is 4.39. The summed E-state index contributed by atoms with van der Waals surface area (Å²) in [5.74, 6) is 0.210. The second-order valence-electron chi connectivity index (χ2n) is 9.92. The van der Waals surface area contributed by atoms with Crippen molar-refractivity contribution in [3.63, 3.8) is 0 Å². The molecule has 3 amide bonds. The minimum atomic E-state index is -0.792. The van der Waals surface area contributed by atoms with Crippen LogP contribution in [-0.2, 0) is 14.3 Å². The normalized spacial score (nSPS) is 13.0. The van der Waals surface area contributed by atoms with E-state index in [9.17, 15) is 14.4 Å². The Labute approximate surface area is 216 Å². The van der Waals surface area contributed by atoms with Gasteiger partial charge in [-0.2, -0.15) is 11.8 Å². The van der Waals surface area contributed by atoms with Crippen LogP contribution in [-0.4, -0.2) is 59.5 Å². The molecule has 0 bridgehead atoms. The number of nitrogens with one attached hydrogen (secondary N) is 2. The van der Waals surface area contributed by atoms with Gasteiger partial charge in [0.25, 0.3) is 0 Å². The van der Waals surface area contributed by atoms with Gasteiger partial charge in [-0.3, -0.25) is 9.59 Å². The first kappa shape index (κ1) is 30.8. The number of carbonyl (C=O) groups is 3. The zero-order valence-electron chi connectivity index (χ0n) is 22.8. The Hall–Kier alpha value is -2.22. The summed E-state index contributed by atoms with van der Waals surface area (Å²) in [7, 11) is 0. The van der Waals surface area contributed by atoms with Gasteiger partial charge in [0.15, 0.2) is 0 Å². The third kappa shape index (κ3) is 10.5. The van der Waals surface area contributed by atoms with E-state index in [1.165, 1.54) is 0 Å². The van der Waals surface area contributed by atoms with Crippen molar-refractivity contribution >= 4 is 29.7 Å². The molecule has 0 aliphatic heterocycles. The molecule has 0 saturated heterocycles. The first-order valence-corrected chi connectivity index (χ1v) is 14.0. The summed E-state index contributed by atoms with van der Waals surface area (Å²) in [5.41, 5.74) is 2.09. The molecule has 0 aliphatic rings. The van der Waals surface area contributed by atoms with Crippen LogP contribution in [0.25, 0.3) is 0 Å². The molecule has 0 saturated carbocycles. The molecule has 0 radical (unpaired) electrons. The molecule has 198 valence electrons. The molecule has 0 fully saturated rings. The predicted molar refractivity (Wildman–Crippen MR) is 145 cm³/mol. The lowest BCUT2D eigenvalue weighted by molar-refractivity contribution is -0.142. The average molecular weight is 508 g/mol. The first-order chi connectivity index (χ1) is 16.4. The molecule has 2 unspecified atom stereocenters. The van der Waals surface area contributed by atoms with Crippen LogP contribution in [0.5, 0.6) is 0 Å². The van der Waals surface area contributed by atoms with E-state index in [0.717, 1.165) is 29.5 Å². The van der Waals surface area contributed by atoms with Crippen LogP contribution in [0.15, 0.2) is 18.2 Å². The summed E-state index contributed by atoms with van der Waals surface area (Å²) in [6.07, 6.45) is 4.27. The molecule has 7 nitrogen and oxygen atoms in total. The zero-order valence-corrected chi connectivity index (χ0v) is 23.6. The number of nitrogens with zero attached hydrogens (tertiary/aromatic N) is 1. The minimum absolute atomic E-state index is 0.199. The Morgan fingerprint density at radius 1 is 1.11 bits per heavy atom. The lowest BCUT2D eigenvalue weighted by Crippen LogP contribution is -2.53. The fourth-order valence-corrected chi connectivity index (χ4v) is 4.21. The van der Waals surface area contributed by atoms with Crippen molar-refractivity contribution in [2.24, 2.45) is 0 Å². The zero-order chi connectivity index (χ0) is 26.6. The molecule has 8 heteroatoms. The lowest BCUT2D eigenvalue weighted by atomic mass is 9.95. The van der Waals surface area contributed by atoms with Crippen LogP contribution in [0.4, 0.5) is 4.79 Å². The minimum Gasteiger partial charge on any atom is -0.444 e. The Bertz CT molecular complexity index is 838. The van der Waals surface area contributed by atoms with Crippen LogP contribution in [0, 0.1) is 13.8 Å². The van der Waals surface area contributed by atoms with Crippen molar-refractivity contribution < 1.29 is 19.1 Å². The SMILES string of the molecule is CCCCNC(=O)C(c1cc(C)ccc1C)N(CCC)C(=O)C(CCSC)NC(=O)OC(C)(C)C. The van der Waals surface area contributed by atoms with Gasteiger partial charge in [-0.1, -0.05) is 44.0 Å². The Morgan fingerprint density at radius 2 is 1.80 bits per heavy atom. The van der Waals surface area contributed by atoms with E-state index in [1.807, 2.05) is 45.2 Å². The van der Waals surface area contributed by atoms with E-state index in [0.29, 0.717) is 31.7 Å². The molecule has 2 atom stereocenters. The standard InChI is InChI=1S/C27H45N3O4S/c1-9-11-15-28-24(31)23(21-18-19(3)12-13-20(21)4)30(16-10-2)25(32)22(14-17-35-8)29-26(33)34-27(5,6)7/h12-13,18,22-23H,9-11,14-17H2,1-8H3,(H,28,31)(H,29,33). The highest BCUT2D eigenvalue weighted by atomic mass is 32.2. The van der Waals surface area contributed by atoms with Crippen LogP contribution in [0.3, 0.4) is 0 Å². The molecule has 1 rings (SSSR count). The molecular formula is C27H45N3O4S. The predicted octanol–water partition coefficient (Wildman–Crippen LogP) is 5.15. The van der Waals surface area contributed by atoms with Crippen molar-refractivity contribution in [3.05, 3.63) is 34.9 Å². The number of thioether (sulfide) groups is 1. The van der Waals surface area contributed by atoms with Crippen LogP contribution in [0.1, 0.15) is 83.0 Å². The number of unbranched alkanes of at least 4 members (excludes halogenated alkanes) is 1. The van der Waals surface area contributed by atoms with E-state index < -0.39 is 23.8 Å². The average Bonchev–Trinajstić information content (AvgIpc) is 2.77. The number of carbonyl (C=O) groups excluding carboxylic acids is 3. The number of aryl methyl sites for hydroxylation is 2. The number of amides is 3. The lowest BCUT2D eigenvalue weighted by Gasteiger charge is -2.35. The van der Waals surface area contributed by atoms with Gasteiger partial charge in [-0.05, 0) is 77.0 Å². The molecule has 0 heterocycles. The summed E-state index contributed by atoms with van der Waals surface area (Å²) < 4.78 is 5.42. The van der Waals surface area contributed by atoms with Gasteiger partial charge in [-0.25, -0.2) is 4.79 Å². The topological polar surface area (TPSA) is 87.7 Å². The fraction of sp³-hybridized carbons (Fsp3) is 0.667. The summed E-state index contributed by atoms with van der Waals surface area (Å²) in [4.78, 5) is 41.7. The van der Waals surface area contributed by atoms with Gasteiger partial charge >= 0.3 is 6.09 Å². The quantitative estimate of drug-likeness (QED) is 0.361. The van der Waals surface area contributed by atoms with Crippen molar-refractivity contribution in [3.8, 4) is 0 Å². The van der Waals surface area contributed by atoms with Crippen molar-refractivity contribution in [2.45, 2.75) is 91.8 Å². The second-order valence-corrected chi connectivity index (χ2v) is 10.9. The number of ether oxygens (including phenoxy) is 1. The van der Waals surface area contributed by atoms with Crippen LogP contribution >= 0.6 is 11.8 Å². The number of alkyl carbamates (subject to hydrolysis) is 1. The van der Waals surface area contributed by atoms with E-state index in [4.69, 9.17) is 4.74 Å². The monoisotopic (exact) mass is 507 g/mol. The molecule has 0 aromatic heterocycles. The molecule has 0 aliphatic carbocycles. The molecular weight excluding hydrogens is 462 g/mol. The number of hydrogen-bond donors (Lipinski definition) is 2. The first-order valence-electron chi connectivity index (χ1n) is 12.6. The van der Waals surface area contributed by atoms with Gasteiger partial charge in [0.05, 0.1) is 0 Å². The highest BCUT2D eigenvalue weighted by Crippen LogP contribution is 2.27. The maximum Gasteiger partial charge on any atom is 0.408 e. The van der Waals surface area contributed by atoms with Crippen molar-refractivity contribution in [2.75, 3.05) is 25.1 Å². The molecule has 0 spiro atoms. The van der Waals surface area contributed by atoms with Gasteiger partial charge in [0, 0.05) is 13.1 Å². The van der Waals surface area contributed by atoms with Crippen molar-refractivity contribution in [1.82, 2.24) is 15.5 Å². The molecule has 1 aromatic carbocycles. The highest BCUT2D eigenvalue weighted by Gasteiger charge is 2.36. The summed E-state index contributed by atoms with van der Waals surface area (Å²) in [6.45, 7) is 14.3. The number of rotatable bonds is 13. The van der Waals surface area contributed by atoms with Crippen LogP contribution in [0.2, 0.25) is 0 Å². The highest BCUT2D eigenvalue weighted by molar-refractivity contribution is 7.98. The van der Waals surface area contributed by atoms with E-state index >= 15 is 0 Å². The van der Waals surface area contributed by atoms with Gasteiger partial charge in [0.2, 0.25) is 11.8 Å². The Kier molecular flexibility index (Phi) is 13.2. The molecule has 35 heavy (non-hydrogen) atoms. The van der Waals surface area contributed by atoms with Crippen molar-refractivity contribution in [1.29, 1.82) is 0 Å². The smallest absolute Gasteiger partial charge is 0.408 e. The van der Waals surface area contributed by atoms with Gasteiger partial charge in [0.1, 0.15) is 17.7 Å². The number of hydrogen-bond acceptors (Lipinski definition) is 5. The van der Waals surface area contributed by atoms with Crippen LogP contribution < -0.4 is 10.6 Å². The Balaban J connectivity index is 3.42. The summed E-state index contributed by atoms with van der Waals surface area (Å²) >= 11 is 1.60. The number of benzene rings is 1.